The van der Waals surface area contributed by atoms with Crippen molar-refractivity contribution in [2.45, 2.75) is 89.8 Å². The van der Waals surface area contributed by atoms with Crippen molar-refractivity contribution in [3.63, 3.8) is 0 Å². The van der Waals surface area contributed by atoms with Gasteiger partial charge in [-0.25, -0.2) is 0 Å². The number of esters is 1. The van der Waals surface area contributed by atoms with Crippen molar-refractivity contribution >= 4 is 11.8 Å². The van der Waals surface area contributed by atoms with Crippen molar-refractivity contribution in [2.75, 3.05) is 0 Å². The quantitative estimate of drug-likeness (QED) is 0.299. The predicted octanol–water partition coefficient (Wildman–Crippen LogP) is 0.311. The minimum absolute atomic E-state index is 0.0494. The van der Waals surface area contributed by atoms with E-state index >= 15 is 0 Å². The maximum atomic E-state index is 11.6. The highest BCUT2D eigenvalue weighted by Gasteiger charge is 2.24. The molecule has 0 aromatic carbocycles. The van der Waals surface area contributed by atoms with Gasteiger partial charge in [-0.2, -0.15) is 0 Å². The molecule has 0 fully saturated rings. The van der Waals surface area contributed by atoms with Gasteiger partial charge in [-0.3, -0.25) is 9.59 Å². The van der Waals surface area contributed by atoms with E-state index in [0.717, 1.165) is 0 Å². The number of Topliss-reactive ketones (excluding diaryl/α,β-unsaturated/α-hetero) is 1. The van der Waals surface area contributed by atoms with Crippen molar-refractivity contribution in [1.29, 1.82) is 0 Å². The summed E-state index contributed by atoms with van der Waals surface area (Å²) in [5.74, 6) is -1.05. The smallest absolute Gasteiger partial charge is 0.313 e. The van der Waals surface area contributed by atoms with Crippen molar-refractivity contribution in [1.82, 2.24) is 0 Å². The fourth-order valence-electron chi connectivity index (χ4n) is 2.30. The fourth-order valence-corrected chi connectivity index (χ4v) is 2.30. The summed E-state index contributed by atoms with van der Waals surface area (Å²) in [4.78, 5) is 22.6. The fraction of sp³-hybridized carbons (Fsp3) is 0.875. The molecule has 5 unspecified atom stereocenters. The van der Waals surface area contributed by atoms with E-state index in [0.29, 0.717) is 6.42 Å². The molecule has 23 heavy (non-hydrogen) atoms. The first-order valence-electron chi connectivity index (χ1n) is 8.05. The Bertz CT molecular complexity index is 356. The average molecular weight is 334 g/mol. The first kappa shape index (κ1) is 22.0. The lowest BCUT2D eigenvalue weighted by Crippen LogP contribution is -2.31. The van der Waals surface area contributed by atoms with Crippen LogP contribution in [-0.2, 0) is 14.3 Å². The largest absolute Gasteiger partial charge is 0.462 e. The summed E-state index contributed by atoms with van der Waals surface area (Å²) in [6.07, 6.45) is -3.43. The maximum absolute atomic E-state index is 11.6. The number of carbonyl (C=O) groups is 2. The van der Waals surface area contributed by atoms with Crippen molar-refractivity contribution in [3.05, 3.63) is 0 Å². The number of aliphatic hydroxyl groups excluding tert-OH is 4. The van der Waals surface area contributed by atoms with Crippen LogP contribution in [0.25, 0.3) is 0 Å². The lowest BCUT2D eigenvalue weighted by Gasteiger charge is -2.24. The summed E-state index contributed by atoms with van der Waals surface area (Å²) in [5.41, 5.74) is 0. The summed E-state index contributed by atoms with van der Waals surface area (Å²) in [6, 6.07) is 0. The molecule has 0 aromatic rings. The number of ketones is 1. The highest BCUT2D eigenvalue weighted by molar-refractivity contribution is 5.94. The van der Waals surface area contributed by atoms with Gasteiger partial charge in [0.05, 0.1) is 24.4 Å². The molecule has 0 heterocycles. The van der Waals surface area contributed by atoms with E-state index < -0.39 is 36.5 Å². The van der Waals surface area contributed by atoms with E-state index in [1.807, 2.05) is 0 Å². The molecule has 7 nitrogen and oxygen atoms in total. The molecule has 0 amide bonds. The van der Waals surface area contributed by atoms with Gasteiger partial charge < -0.3 is 25.2 Å². The Hall–Kier alpha value is -1.02. The van der Waals surface area contributed by atoms with Gasteiger partial charge in [0.25, 0.3) is 0 Å². The molecule has 0 aliphatic carbocycles. The van der Waals surface area contributed by atoms with Gasteiger partial charge in [0.2, 0.25) is 0 Å². The monoisotopic (exact) mass is 334 g/mol. The second-order valence-electron chi connectivity index (χ2n) is 6.15. The van der Waals surface area contributed by atoms with Crippen LogP contribution >= 0.6 is 0 Å². The summed E-state index contributed by atoms with van der Waals surface area (Å²) in [6.45, 7) is 4.59. The lowest BCUT2D eigenvalue weighted by molar-refractivity contribution is -0.153. The maximum Gasteiger partial charge on any atom is 0.313 e. The SMILES string of the molecule is CCC(O)CC(O)CC(CC(O)CC(C)O)OC(=O)CC(C)=O. The minimum atomic E-state index is -0.895. The van der Waals surface area contributed by atoms with Gasteiger partial charge in [-0.05, 0) is 33.1 Å². The Morgan fingerprint density at radius 1 is 0.913 bits per heavy atom. The van der Waals surface area contributed by atoms with Crippen LogP contribution in [0.3, 0.4) is 0 Å². The molecular formula is C16H30O7. The highest BCUT2D eigenvalue weighted by atomic mass is 16.5. The topological polar surface area (TPSA) is 124 Å². The molecule has 4 N–H and O–H groups in total. The Morgan fingerprint density at radius 2 is 1.43 bits per heavy atom. The highest BCUT2D eigenvalue weighted by Crippen LogP contribution is 2.17. The van der Waals surface area contributed by atoms with E-state index in [9.17, 15) is 30.0 Å². The lowest BCUT2D eigenvalue weighted by atomic mass is 9.98. The Kier molecular flexibility index (Phi) is 11.0. The van der Waals surface area contributed by atoms with Crippen molar-refractivity contribution in [2.24, 2.45) is 0 Å². The standard InChI is InChI=1S/C16H30O7/c1-4-12(19)7-14(21)9-15(8-13(20)5-10(2)17)23-16(22)6-11(3)18/h10,12-15,17,19-21H,4-9H2,1-3H3. The van der Waals surface area contributed by atoms with E-state index in [1.54, 1.807) is 6.92 Å². The number of carbonyl (C=O) groups excluding carboxylic acids is 2. The van der Waals surface area contributed by atoms with Gasteiger partial charge in [0.1, 0.15) is 18.3 Å². The molecule has 0 saturated carbocycles. The summed E-state index contributed by atoms with van der Waals surface area (Å²) < 4.78 is 5.16. The van der Waals surface area contributed by atoms with Crippen LogP contribution in [0.2, 0.25) is 0 Å². The Labute approximate surface area is 137 Å². The number of hydrogen-bond donors (Lipinski definition) is 4. The van der Waals surface area contributed by atoms with Crippen LogP contribution in [0.5, 0.6) is 0 Å². The van der Waals surface area contributed by atoms with Gasteiger partial charge in [-0.1, -0.05) is 6.92 Å². The van der Waals surface area contributed by atoms with Crippen LogP contribution in [0.15, 0.2) is 0 Å². The Morgan fingerprint density at radius 3 is 1.87 bits per heavy atom. The van der Waals surface area contributed by atoms with E-state index in [4.69, 9.17) is 4.74 Å². The molecule has 0 aliphatic heterocycles. The Balaban J connectivity index is 4.64. The van der Waals surface area contributed by atoms with Crippen molar-refractivity contribution in [3.8, 4) is 0 Å². The molecule has 0 rings (SSSR count). The van der Waals surface area contributed by atoms with Crippen LogP contribution < -0.4 is 0 Å². The third-order valence-electron chi connectivity index (χ3n) is 3.39. The molecule has 7 heteroatoms. The first-order valence-corrected chi connectivity index (χ1v) is 8.05. The molecule has 0 aliphatic rings. The van der Waals surface area contributed by atoms with Gasteiger partial charge in [0.15, 0.2) is 0 Å². The van der Waals surface area contributed by atoms with E-state index in [1.165, 1.54) is 13.8 Å². The number of aliphatic hydroxyl groups is 4. The predicted molar refractivity (Wildman–Crippen MR) is 83.6 cm³/mol. The third-order valence-corrected chi connectivity index (χ3v) is 3.39. The molecule has 136 valence electrons. The summed E-state index contributed by atoms with van der Waals surface area (Å²) in [7, 11) is 0. The number of hydrogen-bond acceptors (Lipinski definition) is 7. The van der Waals surface area contributed by atoms with E-state index in [2.05, 4.69) is 0 Å². The molecule has 0 aromatic heterocycles. The van der Waals surface area contributed by atoms with Gasteiger partial charge >= 0.3 is 5.97 Å². The molecule has 0 radical (unpaired) electrons. The van der Waals surface area contributed by atoms with Gasteiger partial charge in [-0.15, -0.1) is 0 Å². The molecule has 0 saturated heterocycles. The third kappa shape index (κ3) is 12.1. The molecular weight excluding hydrogens is 304 g/mol. The normalized spacial score (nSPS) is 17.9. The van der Waals surface area contributed by atoms with E-state index in [-0.39, 0.29) is 37.9 Å². The van der Waals surface area contributed by atoms with Crippen LogP contribution in [0.1, 0.15) is 59.3 Å². The molecule has 0 spiro atoms. The van der Waals surface area contributed by atoms with Gasteiger partial charge in [0, 0.05) is 12.8 Å². The first-order chi connectivity index (χ1) is 10.6. The molecule has 5 atom stereocenters. The van der Waals surface area contributed by atoms with Crippen LogP contribution in [0, 0.1) is 0 Å². The average Bonchev–Trinajstić information content (AvgIpc) is 2.35. The summed E-state index contributed by atoms with van der Waals surface area (Å²) in [5, 5.41) is 38.7. The number of ether oxygens (including phenoxy) is 1. The zero-order valence-electron chi connectivity index (χ0n) is 14.1. The second kappa shape index (κ2) is 11.5. The zero-order chi connectivity index (χ0) is 18.0. The van der Waals surface area contributed by atoms with Crippen LogP contribution in [-0.4, -0.2) is 62.7 Å². The second-order valence-corrected chi connectivity index (χ2v) is 6.15. The van der Waals surface area contributed by atoms with Crippen LogP contribution in [0.4, 0.5) is 0 Å². The molecule has 0 bridgehead atoms. The summed E-state index contributed by atoms with van der Waals surface area (Å²) >= 11 is 0. The van der Waals surface area contributed by atoms with Crippen molar-refractivity contribution < 1.29 is 34.8 Å². The minimum Gasteiger partial charge on any atom is -0.462 e. The number of rotatable bonds is 12. The zero-order valence-corrected chi connectivity index (χ0v) is 14.1.